The van der Waals surface area contributed by atoms with Crippen LogP contribution in [0.5, 0.6) is 0 Å². The number of hydrogen-bond donors (Lipinski definition) is 0. The number of piperidine rings is 1. The third-order valence-corrected chi connectivity index (χ3v) is 8.19. The molecule has 2 aromatic heterocycles. The van der Waals surface area contributed by atoms with Crippen LogP contribution >= 0.6 is 23.1 Å². The number of aryl methyl sites for hydroxylation is 2. The summed E-state index contributed by atoms with van der Waals surface area (Å²) in [6.07, 6.45) is 7.42. The lowest BCUT2D eigenvalue weighted by Gasteiger charge is -2.39. The number of rotatable bonds is 5. The minimum Gasteiger partial charge on any atom is -0.337 e. The Morgan fingerprint density at radius 3 is 2.68 bits per heavy atom. The normalized spacial score (nSPS) is 22.0. The molecule has 2 atom stereocenters. The van der Waals surface area contributed by atoms with E-state index in [0.717, 1.165) is 48.7 Å². The highest BCUT2D eigenvalue weighted by Gasteiger charge is 2.29. The van der Waals surface area contributed by atoms with Crippen molar-refractivity contribution in [2.45, 2.75) is 89.5 Å². The molecule has 0 spiro atoms. The van der Waals surface area contributed by atoms with Gasteiger partial charge in [-0.15, -0.1) is 11.3 Å². The Hall–Kier alpha value is -1.34. The van der Waals surface area contributed by atoms with Crippen LogP contribution in [-0.4, -0.2) is 38.2 Å². The van der Waals surface area contributed by atoms with Gasteiger partial charge in [-0.3, -0.25) is 14.2 Å². The molecule has 1 saturated heterocycles. The first-order chi connectivity index (χ1) is 13.5. The van der Waals surface area contributed by atoms with Crippen molar-refractivity contribution < 1.29 is 4.79 Å². The van der Waals surface area contributed by atoms with E-state index >= 15 is 0 Å². The number of aromatic nitrogens is 2. The summed E-state index contributed by atoms with van der Waals surface area (Å²) in [6, 6.07) is 0.593. The third-order valence-electron chi connectivity index (χ3n) is 6.04. The molecule has 0 radical (unpaired) electrons. The summed E-state index contributed by atoms with van der Waals surface area (Å²) in [5.41, 5.74) is 1.31. The Labute approximate surface area is 174 Å². The van der Waals surface area contributed by atoms with Crippen LogP contribution in [0.1, 0.15) is 63.3 Å². The maximum atomic E-state index is 13.2. The van der Waals surface area contributed by atoms with E-state index in [-0.39, 0.29) is 11.5 Å². The second-order valence-electron chi connectivity index (χ2n) is 8.11. The molecular weight excluding hydrogens is 390 g/mol. The van der Waals surface area contributed by atoms with E-state index in [2.05, 4.69) is 20.8 Å². The Morgan fingerprint density at radius 2 is 1.96 bits per heavy atom. The molecule has 1 amide bonds. The van der Waals surface area contributed by atoms with Gasteiger partial charge in [-0.05, 0) is 64.4 Å². The SMILES string of the molecule is CCCn1c(SCC(=O)N2[C@H](C)CCC[C@H]2C)nc2sc3c(c2c1=O)CCC3. The average molecular weight is 420 g/mol. The van der Waals surface area contributed by atoms with Crippen molar-refractivity contribution in [3.05, 3.63) is 20.8 Å². The summed E-state index contributed by atoms with van der Waals surface area (Å²) in [7, 11) is 0. The first-order valence-electron chi connectivity index (χ1n) is 10.5. The molecule has 2 aromatic rings. The predicted octanol–water partition coefficient (Wildman–Crippen LogP) is 4.24. The van der Waals surface area contributed by atoms with Gasteiger partial charge in [0.2, 0.25) is 5.91 Å². The minimum atomic E-state index is 0.0842. The maximum Gasteiger partial charge on any atom is 0.263 e. The van der Waals surface area contributed by atoms with Crippen molar-refractivity contribution in [1.82, 2.24) is 14.5 Å². The minimum absolute atomic E-state index is 0.0842. The molecule has 5 nitrogen and oxygen atoms in total. The molecule has 7 heteroatoms. The van der Waals surface area contributed by atoms with Crippen molar-refractivity contribution in [3.8, 4) is 0 Å². The number of nitrogens with zero attached hydrogens (tertiary/aromatic N) is 3. The average Bonchev–Trinajstić information content (AvgIpc) is 3.23. The molecule has 2 aliphatic rings. The fraction of sp³-hybridized carbons (Fsp3) is 0.667. The molecular formula is C21H29N3O2S2. The largest absolute Gasteiger partial charge is 0.337 e. The molecule has 3 heterocycles. The van der Waals surface area contributed by atoms with Crippen molar-refractivity contribution in [2.24, 2.45) is 0 Å². The van der Waals surface area contributed by atoms with Gasteiger partial charge in [0.25, 0.3) is 5.56 Å². The molecule has 0 bridgehead atoms. The number of thiophene rings is 1. The van der Waals surface area contributed by atoms with Crippen molar-refractivity contribution in [1.29, 1.82) is 0 Å². The Balaban J connectivity index is 1.62. The number of amides is 1. The summed E-state index contributed by atoms with van der Waals surface area (Å²) in [5, 5.41) is 1.53. The molecule has 28 heavy (non-hydrogen) atoms. The third kappa shape index (κ3) is 3.52. The van der Waals surface area contributed by atoms with E-state index < -0.39 is 0 Å². The standard InChI is InChI=1S/C21H29N3O2S2/c1-4-11-23-20(26)18-15-9-6-10-16(15)28-19(18)22-21(23)27-12-17(25)24-13(2)7-5-8-14(24)3/h13-14H,4-12H2,1-3H3/t13-,14-/m1/s1. The van der Waals surface area contributed by atoms with E-state index in [1.165, 1.54) is 28.6 Å². The number of hydrogen-bond acceptors (Lipinski definition) is 5. The van der Waals surface area contributed by atoms with Crippen LogP contribution in [0.25, 0.3) is 10.2 Å². The van der Waals surface area contributed by atoms with E-state index in [1.54, 1.807) is 15.9 Å². The van der Waals surface area contributed by atoms with Gasteiger partial charge in [0.05, 0.1) is 11.1 Å². The smallest absolute Gasteiger partial charge is 0.263 e. The van der Waals surface area contributed by atoms with Crippen LogP contribution < -0.4 is 5.56 Å². The van der Waals surface area contributed by atoms with Gasteiger partial charge in [-0.1, -0.05) is 18.7 Å². The van der Waals surface area contributed by atoms with Crippen molar-refractivity contribution >= 4 is 39.2 Å². The molecule has 1 aliphatic heterocycles. The highest BCUT2D eigenvalue weighted by Crippen LogP contribution is 2.35. The van der Waals surface area contributed by atoms with Crippen molar-refractivity contribution in [3.63, 3.8) is 0 Å². The predicted molar refractivity (Wildman–Crippen MR) is 117 cm³/mol. The molecule has 1 fully saturated rings. The summed E-state index contributed by atoms with van der Waals surface area (Å²) < 4.78 is 1.80. The van der Waals surface area contributed by atoms with Gasteiger partial charge in [-0.2, -0.15) is 0 Å². The van der Waals surface area contributed by atoms with Gasteiger partial charge >= 0.3 is 0 Å². The topological polar surface area (TPSA) is 55.2 Å². The highest BCUT2D eigenvalue weighted by atomic mass is 32.2. The zero-order valence-corrected chi connectivity index (χ0v) is 18.6. The van der Waals surface area contributed by atoms with Crippen LogP contribution in [-0.2, 0) is 24.2 Å². The number of carbonyl (C=O) groups is 1. The summed E-state index contributed by atoms with van der Waals surface area (Å²) in [5.74, 6) is 0.511. The summed E-state index contributed by atoms with van der Waals surface area (Å²) in [6.45, 7) is 7.01. The van der Waals surface area contributed by atoms with Gasteiger partial charge in [0.15, 0.2) is 5.16 Å². The second kappa shape index (κ2) is 8.19. The monoisotopic (exact) mass is 419 g/mol. The quantitative estimate of drug-likeness (QED) is 0.537. The van der Waals surface area contributed by atoms with Crippen LogP contribution in [0.15, 0.2) is 9.95 Å². The summed E-state index contributed by atoms with van der Waals surface area (Å²) >= 11 is 3.10. The lowest BCUT2D eigenvalue weighted by Crippen LogP contribution is -2.48. The molecule has 4 rings (SSSR count). The molecule has 1 aliphatic carbocycles. The Kier molecular flexibility index (Phi) is 5.83. The van der Waals surface area contributed by atoms with Crippen LogP contribution in [0.3, 0.4) is 0 Å². The fourth-order valence-electron chi connectivity index (χ4n) is 4.70. The summed E-state index contributed by atoms with van der Waals surface area (Å²) in [4.78, 5) is 35.2. The van der Waals surface area contributed by atoms with Gasteiger partial charge < -0.3 is 4.90 Å². The second-order valence-corrected chi connectivity index (χ2v) is 10.1. The Morgan fingerprint density at radius 1 is 1.21 bits per heavy atom. The van der Waals surface area contributed by atoms with Crippen LogP contribution in [0.2, 0.25) is 0 Å². The number of likely N-dealkylation sites (tertiary alicyclic amines) is 1. The first kappa shape index (κ1) is 20.0. The molecule has 0 unspecified atom stereocenters. The maximum absolute atomic E-state index is 13.2. The van der Waals surface area contributed by atoms with Gasteiger partial charge in [0, 0.05) is 23.5 Å². The van der Waals surface area contributed by atoms with Crippen LogP contribution in [0, 0.1) is 0 Å². The van der Waals surface area contributed by atoms with Crippen LogP contribution in [0.4, 0.5) is 0 Å². The zero-order chi connectivity index (χ0) is 19.8. The number of thioether (sulfide) groups is 1. The molecule has 0 N–H and O–H groups in total. The lowest BCUT2D eigenvalue weighted by molar-refractivity contribution is -0.134. The van der Waals surface area contributed by atoms with E-state index in [9.17, 15) is 9.59 Å². The van der Waals surface area contributed by atoms with E-state index in [0.29, 0.717) is 29.5 Å². The molecule has 152 valence electrons. The Bertz CT molecular complexity index is 939. The fourth-order valence-corrected chi connectivity index (χ4v) is 6.90. The van der Waals surface area contributed by atoms with Crippen molar-refractivity contribution in [2.75, 3.05) is 5.75 Å². The van der Waals surface area contributed by atoms with Gasteiger partial charge in [-0.25, -0.2) is 4.98 Å². The number of carbonyl (C=O) groups excluding carboxylic acids is 1. The van der Waals surface area contributed by atoms with E-state index in [4.69, 9.17) is 4.98 Å². The zero-order valence-electron chi connectivity index (χ0n) is 17.0. The van der Waals surface area contributed by atoms with E-state index in [1.807, 2.05) is 4.90 Å². The number of fused-ring (bicyclic) bond motifs is 3. The lowest BCUT2D eigenvalue weighted by atomic mass is 9.98. The first-order valence-corrected chi connectivity index (χ1v) is 12.3. The highest BCUT2D eigenvalue weighted by molar-refractivity contribution is 7.99. The molecule has 0 saturated carbocycles. The molecule has 0 aromatic carbocycles. The van der Waals surface area contributed by atoms with Gasteiger partial charge in [0.1, 0.15) is 4.83 Å².